The Bertz CT molecular complexity index is 859. The van der Waals surface area contributed by atoms with E-state index in [1.165, 1.54) is 24.3 Å². The molecule has 0 aliphatic rings. The molecule has 2 rings (SSSR count). The number of amides is 1. The van der Waals surface area contributed by atoms with Gasteiger partial charge in [-0.3, -0.25) is 4.79 Å². The molecule has 0 saturated carbocycles. The third-order valence-corrected chi connectivity index (χ3v) is 3.72. The molecule has 0 fully saturated rings. The predicted molar refractivity (Wildman–Crippen MR) is 98.0 cm³/mol. The lowest BCUT2D eigenvalue weighted by atomic mass is 10.0. The van der Waals surface area contributed by atoms with E-state index in [1.807, 2.05) is 0 Å². The van der Waals surface area contributed by atoms with Crippen molar-refractivity contribution < 1.29 is 32.6 Å². The summed E-state index contributed by atoms with van der Waals surface area (Å²) >= 11 is 0. The molecule has 0 saturated heterocycles. The van der Waals surface area contributed by atoms with Crippen LogP contribution in [0, 0.1) is 13.8 Å². The van der Waals surface area contributed by atoms with Crippen LogP contribution >= 0.6 is 0 Å². The number of hydrogen-bond acceptors (Lipinski definition) is 4. The molecule has 2 aromatic carbocycles. The van der Waals surface area contributed by atoms with Crippen molar-refractivity contribution in [3.05, 3.63) is 53.1 Å². The average molecular weight is 396 g/mol. The van der Waals surface area contributed by atoms with Gasteiger partial charge in [0.1, 0.15) is 12.3 Å². The molecule has 0 aliphatic heterocycles. The highest BCUT2D eigenvalue weighted by molar-refractivity contribution is 6.06. The van der Waals surface area contributed by atoms with Gasteiger partial charge in [0.15, 0.2) is 6.61 Å². The second-order valence-electron chi connectivity index (χ2n) is 6.09. The first-order valence-corrected chi connectivity index (χ1v) is 8.23. The van der Waals surface area contributed by atoms with Crippen LogP contribution in [0.5, 0.6) is 5.75 Å². The molecule has 150 valence electrons. The third-order valence-electron chi connectivity index (χ3n) is 3.72. The fraction of sp³-hybridized carbons (Fsp3) is 0.263. The molecule has 0 aliphatic carbocycles. The molecule has 0 unspecified atom stereocenters. The Morgan fingerprint density at radius 2 is 1.64 bits per heavy atom. The summed E-state index contributed by atoms with van der Waals surface area (Å²) in [5, 5.41) is 13.6. The van der Waals surface area contributed by atoms with Gasteiger partial charge in [-0.05, 0) is 49.2 Å². The van der Waals surface area contributed by atoms with Crippen molar-refractivity contribution >= 4 is 23.3 Å². The highest BCUT2D eigenvalue weighted by Gasteiger charge is 2.27. The molecule has 9 heteroatoms. The number of para-hydroxylation sites is 2. The van der Waals surface area contributed by atoms with Gasteiger partial charge < -0.3 is 20.5 Å². The van der Waals surface area contributed by atoms with Crippen molar-refractivity contribution in [2.45, 2.75) is 20.0 Å². The quantitative estimate of drug-likeness (QED) is 0.659. The minimum absolute atomic E-state index is 0.142. The molecule has 3 N–H and O–H groups in total. The van der Waals surface area contributed by atoms with Gasteiger partial charge in [-0.15, -0.1) is 0 Å². The van der Waals surface area contributed by atoms with E-state index in [0.717, 1.165) is 0 Å². The molecular weight excluding hydrogens is 377 g/mol. The molecule has 0 atom stereocenters. The van der Waals surface area contributed by atoms with Crippen molar-refractivity contribution in [2.24, 2.45) is 0 Å². The van der Waals surface area contributed by atoms with Crippen LogP contribution in [0.15, 0.2) is 36.4 Å². The summed E-state index contributed by atoms with van der Waals surface area (Å²) in [6.07, 6.45) is -4.39. The van der Waals surface area contributed by atoms with E-state index < -0.39 is 31.2 Å². The minimum Gasteiger partial charge on any atom is -0.481 e. The third kappa shape index (κ3) is 5.90. The number of ether oxygens (including phenoxy) is 1. The summed E-state index contributed by atoms with van der Waals surface area (Å²) in [5.74, 6) is -1.27. The second-order valence-corrected chi connectivity index (χ2v) is 6.09. The fourth-order valence-corrected chi connectivity index (χ4v) is 2.58. The van der Waals surface area contributed by atoms with Gasteiger partial charge in [0.25, 0.3) is 5.91 Å². The number of carbonyl (C=O) groups excluding carboxylic acids is 1. The van der Waals surface area contributed by atoms with Crippen LogP contribution in [0.25, 0.3) is 0 Å². The van der Waals surface area contributed by atoms with E-state index in [9.17, 15) is 22.8 Å². The number of rotatable bonds is 7. The van der Waals surface area contributed by atoms with Crippen LogP contribution in [0.4, 0.5) is 24.5 Å². The summed E-state index contributed by atoms with van der Waals surface area (Å²) in [7, 11) is 0. The normalized spacial score (nSPS) is 11.0. The van der Waals surface area contributed by atoms with Gasteiger partial charge in [-0.2, -0.15) is 13.2 Å². The Kier molecular flexibility index (Phi) is 6.50. The van der Waals surface area contributed by atoms with Crippen LogP contribution in [-0.2, 0) is 4.79 Å². The number of hydrogen-bond donors (Lipinski definition) is 3. The molecule has 0 heterocycles. The lowest BCUT2D eigenvalue weighted by Crippen LogP contribution is -2.22. The second kappa shape index (κ2) is 8.64. The van der Waals surface area contributed by atoms with Crippen molar-refractivity contribution in [3.8, 4) is 5.75 Å². The van der Waals surface area contributed by atoms with Gasteiger partial charge >= 0.3 is 12.1 Å². The van der Waals surface area contributed by atoms with E-state index in [-0.39, 0.29) is 16.9 Å². The zero-order valence-electron chi connectivity index (χ0n) is 15.2. The van der Waals surface area contributed by atoms with Crippen LogP contribution < -0.4 is 15.4 Å². The Labute approximate surface area is 159 Å². The van der Waals surface area contributed by atoms with E-state index in [1.54, 1.807) is 26.0 Å². The number of alkyl halides is 3. The Balaban J connectivity index is 2.18. The van der Waals surface area contributed by atoms with Gasteiger partial charge in [-0.1, -0.05) is 12.1 Å². The van der Waals surface area contributed by atoms with Gasteiger partial charge in [0.2, 0.25) is 0 Å². The standard InChI is InChI=1S/C19H19F3N2O4/c1-11-7-13(8-12(2)17(11)28-9-16(25)26)18(27)24-15-6-4-3-5-14(15)23-10-19(20,21)22/h3-8,23H,9-10H2,1-2H3,(H,24,27)(H,25,26). The Morgan fingerprint density at radius 1 is 1.07 bits per heavy atom. The SMILES string of the molecule is Cc1cc(C(=O)Nc2ccccc2NCC(F)(F)F)cc(C)c1OCC(=O)O. The number of carboxylic acid groups (broad SMARTS) is 1. The van der Waals surface area contributed by atoms with Crippen molar-refractivity contribution in [3.63, 3.8) is 0 Å². The number of aliphatic carboxylic acids is 1. The summed E-state index contributed by atoms with van der Waals surface area (Å²) in [5.41, 5.74) is 1.74. The van der Waals surface area contributed by atoms with Crippen molar-refractivity contribution in [1.29, 1.82) is 0 Å². The van der Waals surface area contributed by atoms with Crippen LogP contribution in [0.1, 0.15) is 21.5 Å². The molecule has 1 amide bonds. The molecular formula is C19H19F3N2O4. The number of carbonyl (C=O) groups is 2. The molecule has 2 aromatic rings. The lowest BCUT2D eigenvalue weighted by molar-refractivity contribution is -0.139. The number of carboxylic acids is 1. The average Bonchev–Trinajstić information content (AvgIpc) is 2.59. The van der Waals surface area contributed by atoms with E-state index in [2.05, 4.69) is 10.6 Å². The zero-order valence-corrected chi connectivity index (χ0v) is 15.2. The molecule has 0 aromatic heterocycles. The summed E-state index contributed by atoms with van der Waals surface area (Å²) < 4.78 is 42.5. The summed E-state index contributed by atoms with van der Waals surface area (Å²) in [6, 6.07) is 9.10. The largest absolute Gasteiger partial charge is 0.481 e. The first-order valence-electron chi connectivity index (χ1n) is 8.23. The smallest absolute Gasteiger partial charge is 0.405 e. The number of aryl methyl sites for hydroxylation is 2. The monoisotopic (exact) mass is 396 g/mol. The number of benzene rings is 2. The Morgan fingerprint density at radius 3 is 2.18 bits per heavy atom. The molecule has 0 spiro atoms. The summed E-state index contributed by atoms with van der Waals surface area (Å²) in [4.78, 5) is 23.2. The van der Waals surface area contributed by atoms with Crippen LogP contribution in [0.2, 0.25) is 0 Å². The maximum atomic E-state index is 12.6. The topological polar surface area (TPSA) is 87.7 Å². The molecule has 0 bridgehead atoms. The van der Waals surface area contributed by atoms with E-state index in [0.29, 0.717) is 16.9 Å². The highest BCUT2D eigenvalue weighted by atomic mass is 19.4. The number of nitrogens with one attached hydrogen (secondary N) is 2. The van der Waals surface area contributed by atoms with Gasteiger partial charge in [0.05, 0.1) is 11.4 Å². The Hall–Kier alpha value is -3.23. The first-order chi connectivity index (χ1) is 13.1. The van der Waals surface area contributed by atoms with Gasteiger partial charge in [-0.25, -0.2) is 4.79 Å². The predicted octanol–water partition coefficient (Wildman–Crippen LogP) is 3.99. The zero-order chi connectivity index (χ0) is 20.9. The lowest BCUT2D eigenvalue weighted by Gasteiger charge is -2.16. The molecule has 6 nitrogen and oxygen atoms in total. The van der Waals surface area contributed by atoms with Crippen molar-refractivity contribution in [1.82, 2.24) is 0 Å². The maximum absolute atomic E-state index is 12.6. The van der Waals surface area contributed by atoms with Crippen LogP contribution in [0.3, 0.4) is 0 Å². The van der Waals surface area contributed by atoms with Gasteiger partial charge in [0, 0.05) is 5.56 Å². The highest BCUT2D eigenvalue weighted by Crippen LogP contribution is 2.27. The van der Waals surface area contributed by atoms with Crippen LogP contribution in [-0.4, -0.2) is 36.3 Å². The fourth-order valence-electron chi connectivity index (χ4n) is 2.58. The van der Waals surface area contributed by atoms with E-state index >= 15 is 0 Å². The maximum Gasteiger partial charge on any atom is 0.405 e. The molecule has 0 radical (unpaired) electrons. The number of anilines is 2. The summed E-state index contributed by atoms with van der Waals surface area (Å²) in [6.45, 7) is 1.60. The molecule has 28 heavy (non-hydrogen) atoms. The van der Waals surface area contributed by atoms with E-state index in [4.69, 9.17) is 9.84 Å². The number of halogens is 3. The van der Waals surface area contributed by atoms with Crippen molar-refractivity contribution in [2.75, 3.05) is 23.8 Å². The first kappa shape index (κ1) is 21.1. The minimum atomic E-state index is -4.39.